The van der Waals surface area contributed by atoms with Gasteiger partial charge in [0.25, 0.3) is 0 Å². The summed E-state index contributed by atoms with van der Waals surface area (Å²) < 4.78 is 0. The van der Waals surface area contributed by atoms with Crippen LogP contribution >= 0.6 is 0 Å². The summed E-state index contributed by atoms with van der Waals surface area (Å²) in [5, 5.41) is 11.1. The first-order chi connectivity index (χ1) is 10.1. The van der Waals surface area contributed by atoms with Crippen LogP contribution in [0.1, 0.15) is 6.92 Å². The van der Waals surface area contributed by atoms with Crippen molar-refractivity contribution in [2.75, 3.05) is 30.8 Å². The molecule has 6 nitrogen and oxygen atoms in total. The second kappa shape index (κ2) is 8.76. The van der Waals surface area contributed by atoms with Crippen LogP contribution in [0.3, 0.4) is 0 Å². The van der Waals surface area contributed by atoms with E-state index in [2.05, 4.69) is 27.8 Å². The van der Waals surface area contributed by atoms with E-state index in [0.717, 1.165) is 0 Å². The quantitative estimate of drug-likeness (QED) is 0.578. The SMILES string of the molecule is C=CCNC(=O)Nc1ccc(NC(=O)C(C)CNC)cc1. The van der Waals surface area contributed by atoms with Crippen LogP contribution in [0.15, 0.2) is 36.9 Å². The molecule has 0 aromatic heterocycles. The molecule has 1 atom stereocenters. The van der Waals surface area contributed by atoms with Gasteiger partial charge >= 0.3 is 6.03 Å². The number of anilines is 2. The third-order valence-electron chi connectivity index (χ3n) is 2.78. The van der Waals surface area contributed by atoms with Crippen molar-refractivity contribution in [3.63, 3.8) is 0 Å². The molecule has 0 saturated heterocycles. The fourth-order valence-electron chi connectivity index (χ4n) is 1.64. The predicted molar refractivity (Wildman–Crippen MR) is 85.4 cm³/mol. The van der Waals surface area contributed by atoms with Crippen LogP contribution in [0.25, 0.3) is 0 Å². The monoisotopic (exact) mass is 290 g/mol. The Hall–Kier alpha value is -2.34. The zero-order valence-corrected chi connectivity index (χ0v) is 12.4. The summed E-state index contributed by atoms with van der Waals surface area (Å²) in [5.41, 5.74) is 1.35. The zero-order chi connectivity index (χ0) is 15.7. The van der Waals surface area contributed by atoms with Gasteiger partial charge in [-0.05, 0) is 31.3 Å². The highest BCUT2D eigenvalue weighted by Gasteiger charge is 2.11. The maximum absolute atomic E-state index is 11.8. The molecule has 0 aliphatic rings. The van der Waals surface area contributed by atoms with Gasteiger partial charge in [-0.15, -0.1) is 6.58 Å². The molecule has 0 fully saturated rings. The third-order valence-corrected chi connectivity index (χ3v) is 2.78. The summed E-state index contributed by atoms with van der Waals surface area (Å²) >= 11 is 0. The molecule has 1 aromatic rings. The van der Waals surface area contributed by atoms with Gasteiger partial charge in [-0.25, -0.2) is 4.79 Å². The minimum atomic E-state index is -0.297. The summed E-state index contributed by atoms with van der Waals surface area (Å²) in [4.78, 5) is 23.3. The van der Waals surface area contributed by atoms with E-state index in [-0.39, 0.29) is 17.9 Å². The highest BCUT2D eigenvalue weighted by molar-refractivity contribution is 5.93. The van der Waals surface area contributed by atoms with Gasteiger partial charge in [0.05, 0.1) is 0 Å². The van der Waals surface area contributed by atoms with Crippen molar-refractivity contribution in [1.29, 1.82) is 0 Å². The first kappa shape index (κ1) is 16.7. The molecule has 6 heteroatoms. The van der Waals surface area contributed by atoms with Crippen LogP contribution in [0.4, 0.5) is 16.2 Å². The maximum Gasteiger partial charge on any atom is 0.319 e. The highest BCUT2D eigenvalue weighted by Crippen LogP contribution is 2.14. The van der Waals surface area contributed by atoms with Gasteiger partial charge in [0.2, 0.25) is 5.91 Å². The van der Waals surface area contributed by atoms with Gasteiger partial charge in [-0.3, -0.25) is 4.79 Å². The maximum atomic E-state index is 11.8. The first-order valence-electron chi connectivity index (χ1n) is 6.78. The van der Waals surface area contributed by atoms with Crippen molar-refractivity contribution >= 4 is 23.3 Å². The zero-order valence-electron chi connectivity index (χ0n) is 12.4. The van der Waals surface area contributed by atoms with Gasteiger partial charge in [-0.1, -0.05) is 13.0 Å². The molecule has 1 rings (SSSR count). The van der Waals surface area contributed by atoms with E-state index < -0.39 is 0 Å². The van der Waals surface area contributed by atoms with Crippen LogP contribution in [0.5, 0.6) is 0 Å². The average Bonchev–Trinajstić information content (AvgIpc) is 2.47. The third kappa shape index (κ3) is 6.09. The smallest absolute Gasteiger partial charge is 0.319 e. The van der Waals surface area contributed by atoms with Gasteiger partial charge in [0, 0.05) is 30.4 Å². The Bertz CT molecular complexity index is 485. The molecule has 4 N–H and O–H groups in total. The van der Waals surface area contributed by atoms with Crippen molar-refractivity contribution in [3.05, 3.63) is 36.9 Å². The van der Waals surface area contributed by atoms with E-state index in [1.807, 2.05) is 14.0 Å². The van der Waals surface area contributed by atoms with Gasteiger partial charge in [-0.2, -0.15) is 0 Å². The van der Waals surface area contributed by atoms with Crippen molar-refractivity contribution in [3.8, 4) is 0 Å². The Morgan fingerprint density at radius 2 is 1.76 bits per heavy atom. The van der Waals surface area contributed by atoms with Gasteiger partial charge < -0.3 is 21.3 Å². The Morgan fingerprint density at radius 1 is 1.19 bits per heavy atom. The number of hydrogen-bond donors (Lipinski definition) is 4. The highest BCUT2D eigenvalue weighted by atomic mass is 16.2. The lowest BCUT2D eigenvalue weighted by Gasteiger charge is -2.12. The molecule has 0 radical (unpaired) electrons. The van der Waals surface area contributed by atoms with Crippen LogP contribution in [0, 0.1) is 5.92 Å². The molecule has 1 unspecified atom stereocenters. The van der Waals surface area contributed by atoms with E-state index in [4.69, 9.17) is 0 Å². The number of rotatable bonds is 7. The molecule has 114 valence electrons. The summed E-state index contributed by atoms with van der Waals surface area (Å²) in [6.45, 7) is 6.40. The van der Waals surface area contributed by atoms with E-state index in [9.17, 15) is 9.59 Å². The molecule has 21 heavy (non-hydrogen) atoms. The Labute approximate surface area is 125 Å². The summed E-state index contributed by atoms with van der Waals surface area (Å²) in [5.74, 6) is -0.161. The number of carbonyl (C=O) groups excluding carboxylic acids is 2. The summed E-state index contributed by atoms with van der Waals surface area (Å²) in [7, 11) is 1.81. The molecule has 0 aliphatic heterocycles. The molecular weight excluding hydrogens is 268 g/mol. The summed E-state index contributed by atoms with van der Waals surface area (Å²) in [6.07, 6.45) is 1.60. The number of hydrogen-bond acceptors (Lipinski definition) is 3. The van der Waals surface area contributed by atoms with Crippen molar-refractivity contribution in [2.24, 2.45) is 5.92 Å². The summed E-state index contributed by atoms with van der Waals surface area (Å²) in [6, 6.07) is 6.65. The van der Waals surface area contributed by atoms with Gasteiger partial charge in [0.15, 0.2) is 0 Å². The molecule has 0 aliphatic carbocycles. The molecular formula is C15H22N4O2. The minimum Gasteiger partial charge on any atom is -0.334 e. The molecule has 0 saturated carbocycles. The normalized spacial score (nSPS) is 11.3. The van der Waals surface area contributed by atoms with E-state index >= 15 is 0 Å². The molecule has 1 aromatic carbocycles. The van der Waals surface area contributed by atoms with Crippen LogP contribution < -0.4 is 21.3 Å². The first-order valence-corrected chi connectivity index (χ1v) is 6.78. The number of nitrogens with one attached hydrogen (secondary N) is 4. The second-order valence-electron chi connectivity index (χ2n) is 4.65. The molecule has 3 amide bonds. The molecule has 0 bridgehead atoms. The molecule has 0 heterocycles. The standard InChI is InChI=1S/C15H22N4O2/c1-4-9-17-15(21)19-13-7-5-12(6-8-13)18-14(20)11(2)10-16-3/h4-8,11,16H,1,9-10H2,2-3H3,(H,18,20)(H2,17,19,21). The lowest BCUT2D eigenvalue weighted by Crippen LogP contribution is -2.29. The lowest BCUT2D eigenvalue weighted by molar-refractivity contribution is -0.119. The largest absolute Gasteiger partial charge is 0.334 e. The van der Waals surface area contributed by atoms with E-state index in [1.54, 1.807) is 30.3 Å². The van der Waals surface area contributed by atoms with Crippen molar-refractivity contribution in [2.45, 2.75) is 6.92 Å². The Kier molecular flexibility index (Phi) is 6.97. The number of benzene rings is 1. The van der Waals surface area contributed by atoms with Crippen LogP contribution in [-0.2, 0) is 4.79 Å². The second-order valence-corrected chi connectivity index (χ2v) is 4.65. The predicted octanol–water partition coefficient (Wildman–Crippen LogP) is 1.79. The van der Waals surface area contributed by atoms with Crippen molar-refractivity contribution in [1.82, 2.24) is 10.6 Å². The Morgan fingerprint density at radius 3 is 2.29 bits per heavy atom. The van der Waals surface area contributed by atoms with Crippen LogP contribution in [-0.4, -0.2) is 32.1 Å². The minimum absolute atomic E-state index is 0.0474. The average molecular weight is 290 g/mol. The van der Waals surface area contributed by atoms with Crippen LogP contribution in [0.2, 0.25) is 0 Å². The Balaban J connectivity index is 2.52. The van der Waals surface area contributed by atoms with E-state index in [0.29, 0.717) is 24.5 Å². The van der Waals surface area contributed by atoms with Gasteiger partial charge in [0.1, 0.15) is 0 Å². The number of amides is 3. The number of carbonyl (C=O) groups is 2. The van der Waals surface area contributed by atoms with Crippen molar-refractivity contribution < 1.29 is 9.59 Å². The molecule has 0 spiro atoms. The number of urea groups is 1. The lowest BCUT2D eigenvalue weighted by atomic mass is 10.1. The topological polar surface area (TPSA) is 82.3 Å². The van der Waals surface area contributed by atoms with E-state index in [1.165, 1.54) is 0 Å². The fraction of sp³-hybridized carbons (Fsp3) is 0.333. The fourth-order valence-corrected chi connectivity index (χ4v) is 1.64.